The van der Waals surface area contributed by atoms with Gasteiger partial charge in [0.05, 0.1) is 16.6 Å². The van der Waals surface area contributed by atoms with Crippen molar-refractivity contribution in [2.24, 2.45) is 0 Å². The Labute approximate surface area is 134 Å². The molecule has 0 saturated carbocycles. The summed E-state index contributed by atoms with van der Waals surface area (Å²) in [6.07, 6.45) is 0. The minimum atomic E-state index is 1.04. The Kier molecular flexibility index (Phi) is 2.38. The fourth-order valence-electron chi connectivity index (χ4n) is 3.57. The zero-order chi connectivity index (χ0) is 15.6. The number of para-hydroxylation sites is 2. The van der Waals surface area contributed by atoms with Gasteiger partial charge in [0.25, 0.3) is 0 Å². The van der Waals surface area contributed by atoms with Gasteiger partial charge in [-0.2, -0.15) is 0 Å². The van der Waals surface area contributed by atoms with Gasteiger partial charge in [0.2, 0.25) is 0 Å². The zero-order valence-corrected chi connectivity index (χ0v) is 13.2. The van der Waals surface area contributed by atoms with Gasteiger partial charge in [-0.05, 0) is 54.6 Å². The van der Waals surface area contributed by atoms with E-state index in [0.717, 1.165) is 11.2 Å². The van der Waals surface area contributed by atoms with E-state index in [2.05, 4.69) is 78.9 Å². The molecular weight excluding hydrogens is 280 g/mol. The van der Waals surface area contributed by atoms with Crippen LogP contribution in [0.1, 0.15) is 11.1 Å². The Morgan fingerprint density at radius 1 is 0.696 bits per heavy atom. The summed E-state index contributed by atoms with van der Waals surface area (Å²) < 4.78 is 2.30. The number of aryl methyl sites for hydroxylation is 2. The van der Waals surface area contributed by atoms with Crippen molar-refractivity contribution < 1.29 is 0 Å². The molecule has 3 aromatic carbocycles. The van der Waals surface area contributed by atoms with Crippen LogP contribution in [-0.2, 0) is 0 Å². The van der Waals surface area contributed by atoms with E-state index in [1.54, 1.807) is 0 Å². The third-order valence-electron chi connectivity index (χ3n) is 4.87. The summed E-state index contributed by atoms with van der Waals surface area (Å²) in [5.74, 6) is 0. The topological polar surface area (TPSA) is 17.3 Å². The molecule has 0 unspecified atom stereocenters. The predicted octanol–water partition coefficient (Wildman–Crippen LogP) is 5.41. The monoisotopic (exact) mass is 296 g/mol. The quantitative estimate of drug-likeness (QED) is 0.349. The molecule has 2 heterocycles. The summed E-state index contributed by atoms with van der Waals surface area (Å²) in [4.78, 5) is 4.91. The summed E-state index contributed by atoms with van der Waals surface area (Å²) in [5, 5.41) is 3.77. The molecule has 0 aliphatic heterocycles. The zero-order valence-electron chi connectivity index (χ0n) is 13.2. The van der Waals surface area contributed by atoms with Gasteiger partial charge >= 0.3 is 0 Å². The fourth-order valence-corrected chi connectivity index (χ4v) is 3.57. The highest BCUT2D eigenvalue weighted by molar-refractivity contribution is 6.14. The highest BCUT2D eigenvalue weighted by atomic mass is 15.0. The maximum absolute atomic E-state index is 4.91. The molecular formula is C21H16N2. The SMILES string of the molecule is Cc1cc2c3ccccc3c3nc4ccccc4n3c2cc1C. The lowest BCUT2D eigenvalue weighted by Gasteiger charge is -2.11. The molecule has 5 rings (SSSR count). The van der Waals surface area contributed by atoms with E-state index < -0.39 is 0 Å². The maximum Gasteiger partial charge on any atom is 0.146 e. The molecule has 0 bridgehead atoms. The van der Waals surface area contributed by atoms with Crippen LogP contribution < -0.4 is 0 Å². The van der Waals surface area contributed by atoms with Gasteiger partial charge in [0, 0.05) is 10.8 Å². The highest BCUT2D eigenvalue weighted by Gasteiger charge is 2.13. The number of rotatable bonds is 0. The highest BCUT2D eigenvalue weighted by Crippen LogP contribution is 2.33. The van der Waals surface area contributed by atoms with E-state index in [1.807, 2.05) is 0 Å². The van der Waals surface area contributed by atoms with Gasteiger partial charge in [-0.1, -0.05) is 36.4 Å². The summed E-state index contributed by atoms with van der Waals surface area (Å²) >= 11 is 0. The average molecular weight is 296 g/mol. The van der Waals surface area contributed by atoms with Crippen LogP contribution in [0, 0.1) is 13.8 Å². The van der Waals surface area contributed by atoms with Gasteiger partial charge in [-0.25, -0.2) is 4.98 Å². The third kappa shape index (κ3) is 1.61. The van der Waals surface area contributed by atoms with E-state index in [9.17, 15) is 0 Å². The van der Waals surface area contributed by atoms with Gasteiger partial charge in [0.15, 0.2) is 0 Å². The number of nitrogens with zero attached hydrogens (tertiary/aromatic N) is 2. The molecule has 0 N–H and O–H groups in total. The number of pyridine rings is 1. The van der Waals surface area contributed by atoms with Crippen LogP contribution in [0.5, 0.6) is 0 Å². The number of hydrogen-bond donors (Lipinski definition) is 0. The van der Waals surface area contributed by atoms with E-state index in [4.69, 9.17) is 4.98 Å². The molecule has 0 radical (unpaired) electrons. The van der Waals surface area contributed by atoms with E-state index in [1.165, 1.54) is 38.3 Å². The van der Waals surface area contributed by atoms with Crippen LogP contribution in [0.4, 0.5) is 0 Å². The van der Waals surface area contributed by atoms with Crippen LogP contribution in [0.2, 0.25) is 0 Å². The molecule has 0 spiro atoms. The van der Waals surface area contributed by atoms with E-state index >= 15 is 0 Å². The molecule has 0 atom stereocenters. The molecule has 0 amide bonds. The van der Waals surface area contributed by atoms with Crippen LogP contribution in [0.3, 0.4) is 0 Å². The second-order valence-electron chi connectivity index (χ2n) is 6.26. The first-order valence-electron chi connectivity index (χ1n) is 7.93. The van der Waals surface area contributed by atoms with Crippen molar-refractivity contribution in [3.63, 3.8) is 0 Å². The van der Waals surface area contributed by atoms with Crippen LogP contribution in [0.25, 0.3) is 38.4 Å². The number of benzene rings is 3. The van der Waals surface area contributed by atoms with Crippen molar-refractivity contribution >= 4 is 38.4 Å². The van der Waals surface area contributed by atoms with Crippen LogP contribution in [-0.4, -0.2) is 9.38 Å². The van der Waals surface area contributed by atoms with Gasteiger partial charge in [-0.3, -0.25) is 4.40 Å². The van der Waals surface area contributed by atoms with Gasteiger partial charge in [-0.15, -0.1) is 0 Å². The van der Waals surface area contributed by atoms with Crippen LogP contribution in [0.15, 0.2) is 60.7 Å². The lowest BCUT2D eigenvalue weighted by atomic mass is 10.0. The smallest absolute Gasteiger partial charge is 0.146 e. The van der Waals surface area contributed by atoms with E-state index in [-0.39, 0.29) is 0 Å². The first kappa shape index (κ1) is 12.7. The Balaban J connectivity index is 2.22. The molecule has 0 aliphatic rings. The number of fused-ring (bicyclic) bond motifs is 8. The van der Waals surface area contributed by atoms with Crippen molar-refractivity contribution in [2.45, 2.75) is 13.8 Å². The maximum atomic E-state index is 4.91. The first-order chi connectivity index (χ1) is 11.2. The summed E-state index contributed by atoms with van der Waals surface area (Å²) in [5.41, 5.74) is 7.12. The second kappa shape index (κ2) is 4.32. The minimum absolute atomic E-state index is 1.04. The predicted molar refractivity (Wildman–Crippen MR) is 97.2 cm³/mol. The molecule has 23 heavy (non-hydrogen) atoms. The lowest BCUT2D eigenvalue weighted by molar-refractivity contribution is 1.29. The Morgan fingerprint density at radius 2 is 1.39 bits per heavy atom. The third-order valence-corrected chi connectivity index (χ3v) is 4.87. The van der Waals surface area contributed by atoms with Crippen molar-refractivity contribution in [3.8, 4) is 0 Å². The standard InChI is InChI=1S/C21H16N2/c1-13-11-17-15-7-3-4-8-16(15)21-22-18-9-5-6-10-19(18)23(21)20(17)12-14(13)2/h3-12H,1-2H3. The largest absolute Gasteiger partial charge is 0.292 e. The number of imidazole rings is 1. The Bertz CT molecular complexity index is 1230. The lowest BCUT2D eigenvalue weighted by Crippen LogP contribution is -1.93. The van der Waals surface area contributed by atoms with Crippen molar-refractivity contribution in [2.75, 3.05) is 0 Å². The summed E-state index contributed by atoms with van der Waals surface area (Å²) in [6, 6.07) is 21.5. The number of aromatic nitrogens is 2. The van der Waals surface area contributed by atoms with Crippen molar-refractivity contribution in [3.05, 3.63) is 71.8 Å². The van der Waals surface area contributed by atoms with Gasteiger partial charge in [0.1, 0.15) is 5.65 Å². The summed E-state index contributed by atoms with van der Waals surface area (Å²) in [7, 11) is 0. The Morgan fingerprint density at radius 3 is 2.26 bits per heavy atom. The number of hydrogen-bond acceptors (Lipinski definition) is 1. The van der Waals surface area contributed by atoms with Crippen molar-refractivity contribution in [1.82, 2.24) is 9.38 Å². The molecule has 2 aromatic heterocycles. The molecule has 0 saturated heterocycles. The molecule has 0 aliphatic carbocycles. The minimum Gasteiger partial charge on any atom is -0.292 e. The average Bonchev–Trinajstić information content (AvgIpc) is 2.96. The normalized spacial score (nSPS) is 11.9. The summed E-state index contributed by atoms with van der Waals surface area (Å²) in [6.45, 7) is 4.36. The molecule has 0 fully saturated rings. The first-order valence-corrected chi connectivity index (χ1v) is 7.93. The molecule has 2 heteroatoms. The van der Waals surface area contributed by atoms with Crippen LogP contribution >= 0.6 is 0 Å². The second-order valence-corrected chi connectivity index (χ2v) is 6.26. The van der Waals surface area contributed by atoms with Gasteiger partial charge < -0.3 is 0 Å². The van der Waals surface area contributed by atoms with E-state index in [0.29, 0.717) is 0 Å². The molecule has 110 valence electrons. The molecule has 5 aromatic rings. The van der Waals surface area contributed by atoms with Crippen molar-refractivity contribution in [1.29, 1.82) is 0 Å². The fraction of sp³-hybridized carbons (Fsp3) is 0.0952. The molecule has 2 nitrogen and oxygen atoms in total. The Hall–Kier alpha value is -2.87.